The van der Waals surface area contributed by atoms with Crippen LogP contribution in [0.4, 0.5) is 0 Å². The summed E-state index contributed by atoms with van der Waals surface area (Å²) in [5, 5.41) is 9.65. The molecule has 1 aromatic heterocycles. The van der Waals surface area contributed by atoms with Gasteiger partial charge in [0.15, 0.2) is 5.82 Å². The molecular formula is C10H14N2O2. The van der Waals surface area contributed by atoms with E-state index in [4.69, 9.17) is 0 Å². The van der Waals surface area contributed by atoms with Crippen LogP contribution in [0.2, 0.25) is 0 Å². The zero-order valence-electron chi connectivity index (χ0n) is 8.18. The number of nitrogens with zero attached hydrogens (tertiary/aromatic N) is 2. The molecule has 1 atom stereocenters. The summed E-state index contributed by atoms with van der Waals surface area (Å²) in [5.74, 6) is 0.316. The molecule has 0 spiro atoms. The van der Waals surface area contributed by atoms with E-state index in [1.807, 2.05) is 6.92 Å². The molecule has 4 heteroatoms. The highest BCUT2D eigenvalue weighted by molar-refractivity contribution is 5.96. The normalized spacial score (nSPS) is 18.1. The molecule has 0 radical (unpaired) electrons. The Morgan fingerprint density at radius 2 is 2.50 bits per heavy atom. The molecule has 76 valence electrons. The zero-order chi connectivity index (χ0) is 10.1. The Kier molecular flexibility index (Phi) is 2.37. The minimum Gasteiger partial charge on any atom is -0.385 e. The third kappa shape index (κ3) is 1.57. The minimum absolute atomic E-state index is 0.171. The lowest BCUT2D eigenvalue weighted by Gasteiger charge is -2.08. The van der Waals surface area contributed by atoms with Gasteiger partial charge in [-0.3, -0.25) is 4.79 Å². The van der Waals surface area contributed by atoms with Crippen LogP contribution in [0.5, 0.6) is 0 Å². The second-order valence-corrected chi connectivity index (χ2v) is 3.68. The molecule has 0 amide bonds. The van der Waals surface area contributed by atoms with Crippen LogP contribution < -0.4 is 0 Å². The molecule has 1 aliphatic carbocycles. The predicted octanol–water partition coefficient (Wildman–Crippen LogP) is 0.857. The van der Waals surface area contributed by atoms with Gasteiger partial charge in [-0.15, -0.1) is 0 Å². The fraction of sp³-hybridized carbons (Fsp3) is 0.600. The number of carbonyl (C=O) groups excluding carboxylic acids is 1. The minimum atomic E-state index is -0.845. The molecule has 1 saturated carbocycles. The molecule has 1 aromatic rings. The standard InChI is InChI=1S/C10H14N2O2/c1-2-12-6-5-11-10(12)9(14)8(13)7-3-4-7/h5-8,13H,2-4H2,1H3. The van der Waals surface area contributed by atoms with Crippen LogP contribution in [-0.2, 0) is 6.54 Å². The van der Waals surface area contributed by atoms with E-state index in [-0.39, 0.29) is 11.7 Å². The Morgan fingerprint density at radius 1 is 1.79 bits per heavy atom. The average Bonchev–Trinajstić information content (AvgIpc) is 2.94. The number of carbonyl (C=O) groups is 1. The van der Waals surface area contributed by atoms with Crippen LogP contribution in [0, 0.1) is 5.92 Å². The summed E-state index contributed by atoms with van der Waals surface area (Å²) in [6, 6.07) is 0. The van der Waals surface area contributed by atoms with Crippen LogP contribution in [0.25, 0.3) is 0 Å². The summed E-state index contributed by atoms with van der Waals surface area (Å²) in [4.78, 5) is 15.7. The van der Waals surface area contributed by atoms with E-state index in [0.717, 1.165) is 12.8 Å². The smallest absolute Gasteiger partial charge is 0.226 e. The molecule has 1 heterocycles. The van der Waals surface area contributed by atoms with Crippen molar-refractivity contribution >= 4 is 5.78 Å². The van der Waals surface area contributed by atoms with Crippen molar-refractivity contribution < 1.29 is 9.90 Å². The molecule has 0 aliphatic heterocycles. The fourth-order valence-corrected chi connectivity index (χ4v) is 1.55. The van der Waals surface area contributed by atoms with Crippen molar-refractivity contribution in [2.45, 2.75) is 32.4 Å². The summed E-state index contributed by atoms with van der Waals surface area (Å²) >= 11 is 0. The summed E-state index contributed by atoms with van der Waals surface area (Å²) < 4.78 is 1.76. The molecule has 0 bridgehead atoms. The zero-order valence-corrected chi connectivity index (χ0v) is 8.18. The van der Waals surface area contributed by atoms with E-state index in [1.165, 1.54) is 0 Å². The summed E-state index contributed by atoms with van der Waals surface area (Å²) in [5.41, 5.74) is 0. The van der Waals surface area contributed by atoms with Gasteiger partial charge >= 0.3 is 0 Å². The number of ketones is 1. The van der Waals surface area contributed by atoms with Gasteiger partial charge in [0.05, 0.1) is 0 Å². The van der Waals surface area contributed by atoms with E-state index < -0.39 is 6.10 Å². The second kappa shape index (κ2) is 3.53. The molecular weight excluding hydrogens is 180 g/mol. The molecule has 1 unspecified atom stereocenters. The first-order valence-electron chi connectivity index (χ1n) is 4.97. The van der Waals surface area contributed by atoms with Gasteiger partial charge in [-0.1, -0.05) is 0 Å². The number of hydrogen-bond acceptors (Lipinski definition) is 3. The van der Waals surface area contributed by atoms with E-state index in [0.29, 0.717) is 12.4 Å². The van der Waals surface area contributed by atoms with Gasteiger partial charge in [-0.25, -0.2) is 4.98 Å². The topological polar surface area (TPSA) is 55.1 Å². The maximum atomic E-state index is 11.7. The number of Topliss-reactive ketones (excluding diaryl/α,β-unsaturated/α-hetero) is 1. The van der Waals surface area contributed by atoms with E-state index in [9.17, 15) is 9.90 Å². The molecule has 1 N–H and O–H groups in total. The third-order valence-electron chi connectivity index (χ3n) is 2.61. The number of rotatable bonds is 4. The molecule has 4 nitrogen and oxygen atoms in total. The lowest BCUT2D eigenvalue weighted by molar-refractivity contribution is 0.0688. The van der Waals surface area contributed by atoms with Gasteiger partial charge in [-0.05, 0) is 25.7 Å². The van der Waals surface area contributed by atoms with Gasteiger partial charge in [-0.2, -0.15) is 0 Å². The van der Waals surface area contributed by atoms with Gasteiger partial charge < -0.3 is 9.67 Å². The summed E-state index contributed by atoms with van der Waals surface area (Å²) in [7, 11) is 0. The largest absolute Gasteiger partial charge is 0.385 e. The maximum absolute atomic E-state index is 11.7. The van der Waals surface area contributed by atoms with Crippen LogP contribution in [-0.4, -0.2) is 26.5 Å². The molecule has 1 aliphatic rings. The Balaban J connectivity index is 2.17. The lowest BCUT2D eigenvalue weighted by atomic mass is 10.1. The van der Waals surface area contributed by atoms with Crippen LogP contribution >= 0.6 is 0 Å². The number of aromatic nitrogens is 2. The first kappa shape index (κ1) is 9.40. The number of imidazole rings is 1. The van der Waals surface area contributed by atoms with Crippen molar-refractivity contribution in [2.24, 2.45) is 5.92 Å². The molecule has 1 fully saturated rings. The van der Waals surface area contributed by atoms with Crippen LogP contribution in [0.3, 0.4) is 0 Å². The highest BCUT2D eigenvalue weighted by atomic mass is 16.3. The molecule has 2 rings (SSSR count). The highest BCUT2D eigenvalue weighted by Crippen LogP contribution is 2.33. The molecule has 0 aromatic carbocycles. The molecule has 14 heavy (non-hydrogen) atoms. The van der Waals surface area contributed by atoms with Gasteiger partial charge in [0.2, 0.25) is 5.78 Å². The average molecular weight is 194 g/mol. The van der Waals surface area contributed by atoms with Crippen molar-refractivity contribution in [1.82, 2.24) is 9.55 Å². The number of hydrogen-bond donors (Lipinski definition) is 1. The Labute approximate surface area is 82.6 Å². The third-order valence-corrected chi connectivity index (χ3v) is 2.61. The van der Waals surface area contributed by atoms with E-state index in [1.54, 1.807) is 17.0 Å². The van der Waals surface area contributed by atoms with Crippen molar-refractivity contribution in [3.63, 3.8) is 0 Å². The first-order valence-corrected chi connectivity index (χ1v) is 4.97. The highest BCUT2D eigenvalue weighted by Gasteiger charge is 2.36. The van der Waals surface area contributed by atoms with Crippen molar-refractivity contribution in [1.29, 1.82) is 0 Å². The first-order chi connectivity index (χ1) is 6.74. The SMILES string of the molecule is CCn1ccnc1C(=O)C(O)C1CC1. The van der Waals surface area contributed by atoms with Crippen LogP contribution in [0.15, 0.2) is 12.4 Å². The van der Waals surface area contributed by atoms with Crippen molar-refractivity contribution in [2.75, 3.05) is 0 Å². The molecule has 0 saturated heterocycles. The summed E-state index contributed by atoms with van der Waals surface area (Å²) in [6.45, 7) is 2.65. The maximum Gasteiger partial charge on any atom is 0.226 e. The quantitative estimate of drug-likeness (QED) is 0.723. The van der Waals surface area contributed by atoms with Gasteiger partial charge in [0.25, 0.3) is 0 Å². The number of aryl methyl sites for hydroxylation is 1. The predicted molar refractivity (Wildman–Crippen MR) is 51.0 cm³/mol. The van der Waals surface area contributed by atoms with E-state index >= 15 is 0 Å². The van der Waals surface area contributed by atoms with Gasteiger partial charge in [0, 0.05) is 18.9 Å². The van der Waals surface area contributed by atoms with Crippen molar-refractivity contribution in [3.05, 3.63) is 18.2 Å². The summed E-state index contributed by atoms with van der Waals surface area (Å²) in [6.07, 6.45) is 4.42. The monoisotopic (exact) mass is 194 g/mol. The van der Waals surface area contributed by atoms with Crippen LogP contribution in [0.1, 0.15) is 30.4 Å². The number of aliphatic hydroxyl groups excluding tert-OH is 1. The second-order valence-electron chi connectivity index (χ2n) is 3.68. The Hall–Kier alpha value is -1.16. The fourth-order valence-electron chi connectivity index (χ4n) is 1.55. The Morgan fingerprint density at radius 3 is 3.07 bits per heavy atom. The van der Waals surface area contributed by atoms with Crippen molar-refractivity contribution in [3.8, 4) is 0 Å². The Bertz CT molecular complexity index is 342. The number of aliphatic hydroxyl groups is 1. The van der Waals surface area contributed by atoms with Gasteiger partial charge in [0.1, 0.15) is 6.10 Å². The van der Waals surface area contributed by atoms with E-state index in [2.05, 4.69) is 4.98 Å². The lowest BCUT2D eigenvalue weighted by Crippen LogP contribution is -2.25.